The molecule has 1 unspecified atom stereocenters. The van der Waals surface area contributed by atoms with Gasteiger partial charge in [0, 0.05) is 31.3 Å². The number of amides is 1. The molecule has 2 aromatic carbocycles. The largest absolute Gasteiger partial charge is 0.493 e. The fourth-order valence-corrected chi connectivity index (χ4v) is 3.38. The van der Waals surface area contributed by atoms with Crippen LogP contribution in [0.3, 0.4) is 0 Å². The van der Waals surface area contributed by atoms with Crippen LogP contribution >= 0.6 is 0 Å². The van der Waals surface area contributed by atoms with Crippen LogP contribution in [0.4, 0.5) is 8.78 Å². The van der Waals surface area contributed by atoms with Crippen LogP contribution in [-0.4, -0.2) is 43.8 Å². The van der Waals surface area contributed by atoms with Gasteiger partial charge < -0.3 is 19.1 Å². The van der Waals surface area contributed by atoms with Crippen molar-refractivity contribution in [3.63, 3.8) is 0 Å². The molecule has 0 radical (unpaired) electrons. The predicted molar refractivity (Wildman–Crippen MR) is 109 cm³/mol. The van der Waals surface area contributed by atoms with E-state index in [9.17, 15) is 13.6 Å². The van der Waals surface area contributed by atoms with Gasteiger partial charge in [0.2, 0.25) is 5.91 Å². The lowest BCUT2D eigenvalue weighted by Gasteiger charge is -2.24. The minimum Gasteiger partial charge on any atom is -0.493 e. The number of carbonyl (C=O) groups is 1. The Morgan fingerprint density at radius 3 is 2.70 bits per heavy atom. The van der Waals surface area contributed by atoms with Crippen LogP contribution in [0.2, 0.25) is 0 Å². The molecule has 1 fully saturated rings. The molecule has 2 aromatic rings. The van der Waals surface area contributed by atoms with E-state index in [4.69, 9.17) is 9.47 Å². The second-order valence-electron chi connectivity index (χ2n) is 6.93. The number of alkyl halides is 2. The van der Waals surface area contributed by atoms with Crippen molar-refractivity contribution in [3.8, 4) is 11.5 Å². The van der Waals surface area contributed by atoms with Crippen LogP contribution in [0.15, 0.2) is 54.6 Å². The Morgan fingerprint density at radius 2 is 2.03 bits per heavy atom. The van der Waals surface area contributed by atoms with Crippen molar-refractivity contribution < 1.29 is 27.8 Å². The summed E-state index contributed by atoms with van der Waals surface area (Å²) in [7, 11) is 1.37. The van der Waals surface area contributed by atoms with E-state index in [1.807, 2.05) is 30.3 Å². The number of nitrogens with zero attached hydrogens (tertiary/aromatic N) is 1. The minimum absolute atomic E-state index is 0.000564. The molecular weight excluding hydrogens is 392 g/mol. The molecule has 0 spiro atoms. The average Bonchev–Trinajstić information content (AvgIpc) is 3.26. The maximum atomic E-state index is 13.0. The Morgan fingerprint density at radius 1 is 1.23 bits per heavy atom. The van der Waals surface area contributed by atoms with Crippen LogP contribution in [-0.2, 0) is 16.1 Å². The van der Waals surface area contributed by atoms with Crippen LogP contribution < -0.4 is 9.47 Å². The van der Waals surface area contributed by atoms with Gasteiger partial charge in [0.05, 0.1) is 13.2 Å². The molecule has 0 bridgehead atoms. The zero-order chi connectivity index (χ0) is 21.3. The summed E-state index contributed by atoms with van der Waals surface area (Å²) < 4.78 is 41.0. The number of ether oxygens (including phenoxy) is 3. The van der Waals surface area contributed by atoms with Crippen molar-refractivity contribution in [1.29, 1.82) is 0 Å². The van der Waals surface area contributed by atoms with E-state index >= 15 is 0 Å². The molecule has 1 aliphatic rings. The smallest absolute Gasteiger partial charge is 0.387 e. The Kier molecular flexibility index (Phi) is 7.79. The highest BCUT2D eigenvalue weighted by Gasteiger charge is 2.22. The topological polar surface area (TPSA) is 48.0 Å². The van der Waals surface area contributed by atoms with Gasteiger partial charge in [-0.05, 0) is 30.5 Å². The lowest BCUT2D eigenvalue weighted by Crippen LogP contribution is -2.35. The summed E-state index contributed by atoms with van der Waals surface area (Å²) in [5, 5.41) is 0. The first-order valence-electron chi connectivity index (χ1n) is 9.81. The number of carbonyl (C=O) groups excluding carboxylic acids is 1. The van der Waals surface area contributed by atoms with E-state index in [0.29, 0.717) is 25.3 Å². The normalized spacial score (nSPS) is 16.2. The van der Waals surface area contributed by atoms with E-state index in [-0.39, 0.29) is 23.5 Å². The summed E-state index contributed by atoms with van der Waals surface area (Å²) in [5.74, 6) is -0.168. The summed E-state index contributed by atoms with van der Waals surface area (Å²) in [5.41, 5.74) is 1.33. The SMILES string of the molecule is COc1cccc(/C=C/C(=O)N(Cc2ccccc2)CC2CCCO2)c1OC(F)F. The molecule has 7 heteroatoms. The van der Waals surface area contributed by atoms with Gasteiger partial charge in [0.15, 0.2) is 11.5 Å². The summed E-state index contributed by atoms with van der Waals surface area (Å²) in [4.78, 5) is 14.7. The monoisotopic (exact) mass is 417 g/mol. The van der Waals surface area contributed by atoms with Crippen molar-refractivity contribution in [2.75, 3.05) is 20.3 Å². The second-order valence-corrected chi connectivity index (χ2v) is 6.93. The van der Waals surface area contributed by atoms with Crippen molar-refractivity contribution in [1.82, 2.24) is 4.90 Å². The van der Waals surface area contributed by atoms with Gasteiger partial charge in [-0.1, -0.05) is 42.5 Å². The third kappa shape index (κ3) is 6.03. The van der Waals surface area contributed by atoms with Crippen molar-refractivity contribution in [3.05, 3.63) is 65.7 Å². The highest BCUT2D eigenvalue weighted by atomic mass is 19.3. The highest BCUT2D eigenvalue weighted by Crippen LogP contribution is 2.33. The van der Waals surface area contributed by atoms with E-state index in [0.717, 1.165) is 18.4 Å². The van der Waals surface area contributed by atoms with Gasteiger partial charge in [-0.15, -0.1) is 0 Å². The van der Waals surface area contributed by atoms with Gasteiger partial charge in [0.1, 0.15) is 0 Å². The van der Waals surface area contributed by atoms with Crippen LogP contribution in [0.25, 0.3) is 6.08 Å². The second kappa shape index (κ2) is 10.7. The first-order valence-corrected chi connectivity index (χ1v) is 9.81. The van der Waals surface area contributed by atoms with E-state index < -0.39 is 6.61 Å². The Balaban J connectivity index is 1.79. The molecule has 3 rings (SSSR count). The third-order valence-corrected chi connectivity index (χ3v) is 4.82. The van der Waals surface area contributed by atoms with Gasteiger partial charge >= 0.3 is 6.61 Å². The first-order chi connectivity index (χ1) is 14.6. The maximum absolute atomic E-state index is 13.0. The summed E-state index contributed by atoms with van der Waals surface area (Å²) in [6, 6.07) is 14.4. The van der Waals surface area contributed by atoms with Crippen molar-refractivity contribution >= 4 is 12.0 Å². The molecule has 1 heterocycles. The lowest BCUT2D eigenvalue weighted by molar-refractivity contribution is -0.128. The maximum Gasteiger partial charge on any atom is 0.387 e. The number of methoxy groups -OCH3 is 1. The fraction of sp³-hybridized carbons (Fsp3) is 0.348. The zero-order valence-electron chi connectivity index (χ0n) is 16.8. The third-order valence-electron chi connectivity index (χ3n) is 4.82. The summed E-state index contributed by atoms with van der Waals surface area (Å²) in [6.45, 7) is -1.40. The standard InChI is InChI=1S/C23H25F2NO4/c1-28-20-11-5-9-18(22(20)30-23(24)25)12-13-21(27)26(16-19-10-6-14-29-19)15-17-7-3-2-4-8-17/h2-5,7-9,11-13,19,23H,6,10,14-16H2,1H3/b13-12+. The molecular formula is C23H25F2NO4. The molecule has 1 amide bonds. The number of benzene rings is 2. The number of hydrogen-bond donors (Lipinski definition) is 0. The quantitative estimate of drug-likeness (QED) is 0.563. The van der Waals surface area contributed by atoms with Crippen molar-refractivity contribution in [2.24, 2.45) is 0 Å². The van der Waals surface area contributed by atoms with Gasteiger partial charge in [-0.2, -0.15) is 8.78 Å². The van der Waals surface area contributed by atoms with Crippen molar-refractivity contribution in [2.45, 2.75) is 32.1 Å². The van der Waals surface area contributed by atoms with Gasteiger partial charge in [-0.25, -0.2) is 0 Å². The molecule has 5 nitrogen and oxygen atoms in total. The number of para-hydroxylation sites is 1. The Bertz CT molecular complexity index is 852. The Labute approximate surface area is 174 Å². The molecule has 1 aliphatic heterocycles. The first kappa shape index (κ1) is 21.8. The van der Waals surface area contributed by atoms with E-state index in [1.54, 1.807) is 17.0 Å². The van der Waals surface area contributed by atoms with E-state index in [2.05, 4.69) is 4.74 Å². The average molecular weight is 417 g/mol. The summed E-state index contributed by atoms with van der Waals surface area (Å²) >= 11 is 0. The number of rotatable bonds is 9. The van der Waals surface area contributed by atoms with Crippen LogP contribution in [0.1, 0.15) is 24.0 Å². The van der Waals surface area contributed by atoms with Gasteiger partial charge in [0.25, 0.3) is 0 Å². The van der Waals surface area contributed by atoms with Crippen LogP contribution in [0, 0.1) is 0 Å². The van der Waals surface area contributed by atoms with E-state index in [1.165, 1.54) is 25.3 Å². The fourth-order valence-electron chi connectivity index (χ4n) is 3.38. The molecule has 0 saturated carbocycles. The molecule has 0 N–H and O–H groups in total. The molecule has 160 valence electrons. The number of hydrogen-bond acceptors (Lipinski definition) is 4. The molecule has 30 heavy (non-hydrogen) atoms. The lowest BCUT2D eigenvalue weighted by atomic mass is 10.1. The Hall–Kier alpha value is -2.93. The highest BCUT2D eigenvalue weighted by molar-refractivity contribution is 5.92. The van der Waals surface area contributed by atoms with Crippen LogP contribution in [0.5, 0.6) is 11.5 Å². The zero-order valence-corrected chi connectivity index (χ0v) is 16.8. The predicted octanol–water partition coefficient (Wildman–Crippen LogP) is 4.52. The summed E-state index contributed by atoms with van der Waals surface area (Å²) in [6.07, 6.45) is 4.72. The molecule has 1 saturated heterocycles. The molecule has 1 atom stereocenters. The molecule has 0 aliphatic carbocycles. The minimum atomic E-state index is -3.00. The van der Waals surface area contributed by atoms with Gasteiger partial charge in [-0.3, -0.25) is 4.79 Å². The molecule has 0 aromatic heterocycles. The number of halogens is 2.